The number of hydrogen-bond donors (Lipinski definition) is 3. The van der Waals surface area contributed by atoms with Gasteiger partial charge >= 0.3 is 0 Å². The van der Waals surface area contributed by atoms with Gasteiger partial charge < -0.3 is 10.8 Å². The van der Waals surface area contributed by atoms with Gasteiger partial charge in [-0.05, 0) is 30.2 Å². The fourth-order valence-corrected chi connectivity index (χ4v) is 3.13. The van der Waals surface area contributed by atoms with Crippen LogP contribution in [0.25, 0.3) is 0 Å². The van der Waals surface area contributed by atoms with E-state index in [1.54, 1.807) is 0 Å². The number of amides is 1. The Balaban J connectivity index is 2.75. The highest BCUT2D eigenvalue weighted by Crippen LogP contribution is 2.14. The zero-order chi connectivity index (χ0) is 16.0. The highest BCUT2D eigenvalue weighted by molar-refractivity contribution is 7.89. The minimum Gasteiger partial charge on any atom is -0.391 e. The molecule has 0 spiro atoms. The van der Waals surface area contributed by atoms with Gasteiger partial charge in [0.25, 0.3) is 0 Å². The van der Waals surface area contributed by atoms with Gasteiger partial charge in [0, 0.05) is 12.1 Å². The fraction of sp³-hybridized carbons (Fsp3) is 0.500. The molecule has 0 aliphatic heterocycles. The molecule has 6 nitrogen and oxygen atoms in total. The molecule has 1 atom stereocenters. The molecule has 1 aromatic rings. The van der Waals surface area contributed by atoms with Crippen molar-refractivity contribution in [1.29, 1.82) is 0 Å². The summed E-state index contributed by atoms with van der Waals surface area (Å²) in [7, 11) is -3.71. The number of nitrogens with two attached hydrogens (primary N) is 1. The molecule has 0 aliphatic carbocycles. The summed E-state index contributed by atoms with van der Waals surface area (Å²) < 4.78 is 26.5. The fourth-order valence-electron chi connectivity index (χ4n) is 2.08. The van der Waals surface area contributed by atoms with Crippen LogP contribution in [0.3, 0.4) is 0 Å². The maximum Gasteiger partial charge on any atom is 0.248 e. The second-order valence-corrected chi connectivity index (χ2v) is 6.65. The normalized spacial score (nSPS) is 13.3. The molecule has 0 aromatic heterocycles. The van der Waals surface area contributed by atoms with E-state index in [1.165, 1.54) is 24.3 Å². The first kappa shape index (κ1) is 17.6. The quantitative estimate of drug-likeness (QED) is 0.661. The second-order valence-electron chi connectivity index (χ2n) is 4.88. The van der Waals surface area contributed by atoms with Crippen molar-refractivity contribution in [2.75, 3.05) is 6.54 Å². The molecule has 118 valence electrons. The zero-order valence-corrected chi connectivity index (χ0v) is 13.1. The van der Waals surface area contributed by atoms with Gasteiger partial charge in [-0.3, -0.25) is 4.79 Å². The molecular formula is C14H22N2O4S. The molecule has 0 heterocycles. The van der Waals surface area contributed by atoms with Gasteiger partial charge in [-0.15, -0.1) is 0 Å². The molecule has 0 bridgehead atoms. The monoisotopic (exact) mass is 314 g/mol. The summed E-state index contributed by atoms with van der Waals surface area (Å²) in [6.45, 7) is 3.87. The van der Waals surface area contributed by atoms with Crippen molar-refractivity contribution in [1.82, 2.24) is 4.72 Å². The van der Waals surface area contributed by atoms with E-state index < -0.39 is 22.0 Å². The van der Waals surface area contributed by atoms with Crippen molar-refractivity contribution < 1.29 is 18.3 Å². The van der Waals surface area contributed by atoms with Gasteiger partial charge in [-0.1, -0.05) is 26.7 Å². The number of rotatable bonds is 8. The van der Waals surface area contributed by atoms with Gasteiger partial charge in [0.05, 0.1) is 11.0 Å². The minimum absolute atomic E-state index is 0.0317. The lowest BCUT2D eigenvalue weighted by Crippen LogP contribution is -2.36. The average Bonchev–Trinajstić information content (AvgIpc) is 2.46. The zero-order valence-electron chi connectivity index (χ0n) is 12.2. The molecule has 4 N–H and O–H groups in total. The van der Waals surface area contributed by atoms with Gasteiger partial charge in [-0.25, -0.2) is 13.1 Å². The van der Waals surface area contributed by atoms with Crippen LogP contribution in [0.2, 0.25) is 0 Å². The van der Waals surface area contributed by atoms with Crippen LogP contribution in [-0.4, -0.2) is 32.1 Å². The number of carbonyl (C=O) groups excluding carboxylic acids is 1. The second kappa shape index (κ2) is 7.53. The highest BCUT2D eigenvalue weighted by Gasteiger charge is 2.20. The smallest absolute Gasteiger partial charge is 0.248 e. The van der Waals surface area contributed by atoms with Crippen molar-refractivity contribution in [2.24, 2.45) is 11.7 Å². The molecule has 1 amide bonds. The van der Waals surface area contributed by atoms with E-state index in [2.05, 4.69) is 4.72 Å². The number of aliphatic hydroxyl groups is 1. The third kappa shape index (κ3) is 4.80. The molecule has 7 heteroatoms. The summed E-state index contributed by atoms with van der Waals surface area (Å²) in [5, 5.41) is 9.95. The predicted molar refractivity (Wildman–Crippen MR) is 80.2 cm³/mol. The third-order valence-electron chi connectivity index (χ3n) is 3.52. The van der Waals surface area contributed by atoms with Crippen LogP contribution in [0.1, 0.15) is 37.0 Å². The standard InChI is InChI=1S/C14H22N2O4S/c1-3-10(4-2)13(17)9-16-21(19,20)12-7-5-11(6-8-12)14(15)18/h5-8,10,13,16-17H,3-4,9H2,1-2H3,(H2,15,18). The lowest BCUT2D eigenvalue weighted by atomic mass is 9.97. The molecule has 0 radical (unpaired) electrons. The van der Waals surface area contributed by atoms with Crippen molar-refractivity contribution in [3.8, 4) is 0 Å². The topological polar surface area (TPSA) is 109 Å². The molecule has 1 rings (SSSR count). The number of carbonyl (C=O) groups is 1. The Morgan fingerprint density at radius 1 is 1.24 bits per heavy atom. The minimum atomic E-state index is -3.71. The molecule has 1 aromatic carbocycles. The third-order valence-corrected chi connectivity index (χ3v) is 4.96. The number of benzene rings is 1. The predicted octanol–water partition coefficient (Wildman–Crippen LogP) is 0.861. The van der Waals surface area contributed by atoms with E-state index in [9.17, 15) is 18.3 Å². The van der Waals surface area contributed by atoms with Crippen molar-refractivity contribution >= 4 is 15.9 Å². The van der Waals surface area contributed by atoms with Crippen LogP contribution in [0, 0.1) is 5.92 Å². The van der Waals surface area contributed by atoms with Crippen LogP contribution in [0.15, 0.2) is 29.2 Å². The van der Waals surface area contributed by atoms with E-state index in [0.717, 1.165) is 12.8 Å². The maximum atomic E-state index is 12.1. The van der Waals surface area contributed by atoms with Crippen LogP contribution in [-0.2, 0) is 10.0 Å². The van der Waals surface area contributed by atoms with Crippen LogP contribution >= 0.6 is 0 Å². The van der Waals surface area contributed by atoms with Gasteiger partial charge in [0.15, 0.2) is 0 Å². The molecule has 0 aliphatic rings. The highest BCUT2D eigenvalue weighted by atomic mass is 32.2. The number of sulfonamides is 1. The van der Waals surface area contributed by atoms with E-state index >= 15 is 0 Å². The first-order valence-corrected chi connectivity index (χ1v) is 8.37. The van der Waals surface area contributed by atoms with E-state index in [0.29, 0.717) is 0 Å². The largest absolute Gasteiger partial charge is 0.391 e. The number of primary amides is 1. The first-order chi connectivity index (χ1) is 9.81. The Hall–Kier alpha value is -1.44. The van der Waals surface area contributed by atoms with Gasteiger partial charge in [-0.2, -0.15) is 0 Å². The summed E-state index contributed by atoms with van der Waals surface area (Å²) in [5.41, 5.74) is 5.34. The molecule has 0 saturated carbocycles. The summed E-state index contributed by atoms with van der Waals surface area (Å²) in [6.07, 6.45) is 0.846. The Kier molecular flexibility index (Phi) is 6.32. The Labute approximate surface area is 125 Å². The van der Waals surface area contributed by atoms with Crippen LogP contribution in [0.4, 0.5) is 0 Å². The SMILES string of the molecule is CCC(CC)C(O)CNS(=O)(=O)c1ccc(C(N)=O)cc1. The average molecular weight is 314 g/mol. The summed E-state index contributed by atoms with van der Waals surface area (Å²) >= 11 is 0. The summed E-state index contributed by atoms with van der Waals surface area (Å²) in [6, 6.07) is 5.33. The summed E-state index contributed by atoms with van der Waals surface area (Å²) in [5.74, 6) is -0.555. The number of aliphatic hydroxyl groups excluding tert-OH is 1. The molecular weight excluding hydrogens is 292 g/mol. The lowest BCUT2D eigenvalue weighted by molar-refractivity contribution is 0.1000. The van der Waals surface area contributed by atoms with Crippen molar-refractivity contribution in [2.45, 2.75) is 37.7 Å². The number of hydrogen-bond acceptors (Lipinski definition) is 4. The Morgan fingerprint density at radius 3 is 2.19 bits per heavy atom. The van der Waals surface area contributed by atoms with E-state index in [-0.39, 0.29) is 22.9 Å². The Bertz CT molecular complexity index is 565. The first-order valence-electron chi connectivity index (χ1n) is 6.89. The summed E-state index contributed by atoms with van der Waals surface area (Å²) in [4.78, 5) is 11.0. The molecule has 0 fully saturated rings. The van der Waals surface area contributed by atoms with Gasteiger partial charge in [0.2, 0.25) is 15.9 Å². The van der Waals surface area contributed by atoms with E-state index in [4.69, 9.17) is 5.73 Å². The van der Waals surface area contributed by atoms with E-state index in [1.807, 2.05) is 13.8 Å². The Morgan fingerprint density at radius 2 is 1.76 bits per heavy atom. The van der Waals surface area contributed by atoms with Gasteiger partial charge in [0.1, 0.15) is 0 Å². The van der Waals surface area contributed by atoms with Crippen molar-refractivity contribution in [3.05, 3.63) is 29.8 Å². The van der Waals surface area contributed by atoms with Crippen molar-refractivity contribution in [3.63, 3.8) is 0 Å². The number of nitrogens with one attached hydrogen (secondary N) is 1. The maximum absolute atomic E-state index is 12.1. The lowest BCUT2D eigenvalue weighted by Gasteiger charge is -2.20. The molecule has 0 saturated heterocycles. The van der Waals surface area contributed by atoms with Crippen LogP contribution in [0.5, 0.6) is 0 Å². The molecule has 1 unspecified atom stereocenters. The van der Waals surface area contributed by atoms with Crippen LogP contribution < -0.4 is 10.5 Å². The molecule has 21 heavy (non-hydrogen) atoms.